The molecule has 0 saturated carbocycles. The average molecular weight is 342 g/mol. The molecule has 2 aromatic heterocycles. The summed E-state index contributed by atoms with van der Waals surface area (Å²) in [5, 5.41) is 0. The lowest BCUT2D eigenvalue weighted by molar-refractivity contribution is -0.129. The van der Waals surface area contributed by atoms with Crippen LogP contribution in [0.25, 0.3) is 0 Å². The zero-order valence-corrected chi connectivity index (χ0v) is 14.3. The lowest BCUT2D eigenvalue weighted by Crippen LogP contribution is -2.66. The highest BCUT2D eigenvalue weighted by atomic mass is 16.5. The van der Waals surface area contributed by atoms with Gasteiger partial charge in [0.25, 0.3) is 5.91 Å². The van der Waals surface area contributed by atoms with Gasteiger partial charge in [-0.3, -0.25) is 9.78 Å². The molecule has 1 atom stereocenters. The second-order valence-corrected chi connectivity index (χ2v) is 6.82. The topological polar surface area (TPSA) is 64.8 Å². The van der Waals surface area contributed by atoms with Crippen LogP contribution in [0.2, 0.25) is 0 Å². The van der Waals surface area contributed by atoms with E-state index in [1.165, 1.54) is 0 Å². The Morgan fingerprint density at radius 1 is 1.36 bits per heavy atom. The fourth-order valence-electron chi connectivity index (χ4n) is 3.69. The molecule has 4 heterocycles. The Morgan fingerprint density at radius 3 is 2.88 bits per heavy atom. The summed E-state index contributed by atoms with van der Waals surface area (Å²) in [7, 11) is 0. The summed E-state index contributed by atoms with van der Waals surface area (Å²) in [5.74, 6) is 1.00. The molecule has 2 fully saturated rings. The van der Waals surface area contributed by atoms with E-state index >= 15 is 0 Å². The molecule has 0 unspecified atom stereocenters. The molecule has 25 heavy (non-hydrogen) atoms. The van der Waals surface area contributed by atoms with E-state index in [0.717, 1.165) is 18.6 Å². The van der Waals surface area contributed by atoms with E-state index in [9.17, 15) is 4.79 Å². The maximum atomic E-state index is 12.5. The summed E-state index contributed by atoms with van der Waals surface area (Å²) in [4.78, 5) is 18.4. The van der Waals surface area contributed by atoms with Crippen molar-refractivity contribution in [3.8, 4) is 0 Å². The quantitative estimate of drug-likeness (QED) is 0.835. The van der Waals surface area contributed by atoms with Gasteiger partial charge in [0.05, 0.1) is 38.1 Å². The summed E-state index contributed by atoms with van der Waals surface area (Å²) in [5.41, 5.74) is 1.51. The maximum Gasteiger partial charge on any atom is 0.257 e. The average Bonchev–Trinajstić information content (AvgIpc) is 3.20. The van der Waals surface area contributed by atoms with Crippen molar-refractivity contribution in [3.05, 3.63) is 53.7 Å². The van der Waals surface area contributed by atoms with Crippen LogP contribution in [0.5, 0.6) is 0 Å². The molecule has 0 aromatic carbocycles. The van der Waals surface area contributed by atoms with Gasteiger partial charge in [0.1, 0.15) is 11.4 Å². The van der Waals surface area contributed by atoms with E-state index in [0.29, 0.717) is 43.5 Å². The van der Waals surface area contributed by atoms with Crippen molar-refractivity contribution in [3.63, 3.8) is 0 Å². The first-order chi connectivity index (χ1) is 12.2. The molecule has 4 rings (SSSR count). The number of likely N-dealkylation sites (tertiary alicyclic amines) is 1. The lowest BCUT2D eigenvalue weighted by atomic mass is 9.81. The number of nitrogens with zero attached hydrogens (tertiary/aromatic N) is 2. The molecule has 132 valence electrons. The number of pyridine rings is 1. The van der Waals surface area contributed by atoms with E-state index in [1.54, 1.807) is 24.7 Å². The Kier molecular flexibility index (Phi) is 4.31. The third-order valence-electron chi connectivity index (χ3n) is 5.23. The molecule has 1 spiro atoms. The van der Waals surface area contributed by atoms with Crippen LogP contribution in [0.4, 0.5) is 0 Å². The highest BCUT2D eigenvalue weighted by Gasteiger charge is 2.54. The summed E-state index contributed by atoms with van der Waals surface area (Å²) in [6.07, 6.45) is 6.07. The first kappa shape index (κ1) is 16.3. The minimum absolute atomic E-state index is 0.0174. The predicted molar refractivity (Wildman–Crippen MR) is 90.0 cm³/mol. The molecule has 2 aromatic rings. The van der Waals surface area contributed by atoms with Crippen molar-refractivity contribution < 1.29 is 18.7 Å². The number of furan rings is 1. The standard InChI is InChI=1S/C19H22N2O4/c1-14-17(5-8-24-14)18(22)21-12-19(13-21)16(4-9-25-19)11-23-10-15-2-6-20-7-3-15/h2-3,5-8,16H,4,9-13H2,1H3/t16-/m1/s1. The fraction of sp³-hybridized carbons (Fsp3) is 0.474. The van der Waals surface area contributed by atoms with E-state index in [-0.39, 0.29) is 11.5 Å². The Balaban J connectivity index is 1.32. The summed E-state index contributed by atoms with van der Waals surface area (Å²) in [6, 6.07) is 5.64. The van der Waals surface area contributed by atoms with Crippen LogP contribution in [0.1, 0.15) is 28.1 Å². The van der Waals surface area contributed by atoms with Crippen LogP contribution in [0.15, 0.2) is 41.3 Å². The van der Waals surface area contributed by atoms with Gasteiger partial charge in [-0.1, -0.05) is 0 Å². The molecule has 0 aliphatic carbocycles. The second kappa shape index (κ2) is 6.61. The van der Waals surface area contributed by atoms with E-state index < -0.39 is 0 Å². The van der Waals surface area contributed by atoms with Crippen molar-refractivity contribution in [2.24, 2.45) is 5.92 Å². The molecule has 2 saturated heterocycles. The molecule has 1 amide bonds. The zero-order chi connectivity index (χ0) is 17.3. The van der Waals surface area contributed by atoms with Gasteiger partial charge >= 0.3 is 0 Å². The number of aromatic nitrogens is 1. The number of amides is 1. The van der Waals surface area contributed by atoms with Gasteiger partial charge in [-0.05, 0) is 37.1 Å². The summed E-state index contributed by atoms with van der Waals surface area (Å²) < 4.78 is 17.1. The molecule has 2 aliphatic rings. The number of carbonyl (C=O) groups excluding carboxylic acids is 1. The van der Waals surface area contributed by atoms with Gasteiger partial charge in [-0.25, -0.2) is 0 Å². The minimum Gasteiger partial charge on any atom is -0.469 e. The molecular weight excluding hydrogens is 320 g/mol. The SMILES string of the molecule is Cc1occc1C(=O)N1CC2(C1)OCC[C@@H]2COCc1ccncc1. The van der Waals surface area contributed by atoms with Crippen LogP contribution in [-0.4, -0.2) is 47.7 Å². The number of rotatable bonds is 5. The largest absolute Gasteiger partial charge is 0.469 e. The van der Waals surface area contributed by atoms with Crippen LogP contribution >= 0.6 is 0 Å². The summed E-state index contributed by atoms with van der Waals surface area (Å²) >= 11 is 0. The van der Waals surface area contributed by atoms with E-state index in [4.69, 9.17) is 13.9 Å². The van der Waals surface area contributed by atoms with Gasteiger partial charge in [-0.15, -0.1) is 0 Å². The Hall–Kier alpha value is -2.18. The van der Waals surface area contributed by atoms with Gasteiger partial charge in [0, 0.05) is 24.9 Å². The van der Waals surface area contributed by atoms with Crippen molar-refractivity contribution in [2.75, 3.05) is 26.3 Å². The third-order valence-corrected chi connectivity index (χ3v) is 5.23. The molecule has 0 N–H and O–H groups in total. The van der Waals surface area contributed by atoms with E-state index in [2.05, 4.69) is 4.98 Å². The summed E-state index contributed by atoms with van der Waals surface area (Å²) in [6.45, 7) is 5.02. The van der Waals surface area contributed by atoms with Crippen molar-refractivity contribution in [1.29, 1.82) is 0 Å². The first-order valence-corrected chi connectivity index (χ1v) is 8.62. The van der Waals surface area contributed by atoms with Crippen LogP contribution in [0, 0.1) is 12.8 Å². The monoisotopic (exact) mass is 342 g/mol. The Labute approximate surface area is 146 Å². The molecule has 2 aliphatic heterocycles. The van der Waals surface area contributed by atoms with Crippen LogP contribution < -0.4 is 0 Å². The normalized spacial score (nSPS) is 21.5. The second-order valence-electron chi connectivity index (χ2n) is 6.82. The number of ether oxygens (including phenoxy) is 2. The number of carbonyl (C=O) groups is 1. The lowest BCUT2D eigenvalue weighted by Gasteiger charge is -2.50. The van der Waals surface area contributed by atoms with Gasteiger partial charge in [0.2, 0.25) is 0 Å². The molecular formula is C19H22N2O4. The van der Waals surface area contributed by atoms with Gasteiger partial charge in [-0.2, -0.15) is 0 Å². The smallest absolute Gasteiger partial charge is 0.257 e. The number of hydrogen-bond donors (Lipinski definition) is 0. The zero-order valence-electron chi connectivity index (χ0n) is 14.3. The van der Waals surface area contributed by atoms with Gasteiger partial charge in [0.15, 0.2) is 0 Å². The first-order valence-electron chi connectivity index (χ1n) is 8.62. The number of hydrogen-bond acceptors (Lipinski definition) is 5. The Morgan fingerprint density at radius 2 is 2.16 bits per heavy atom. The molecule has 0 bridgehead atoms. The Bertz CT molecular complexity index is 737. The number of aryl methyl sites for hydroxylation is 1. The highest BCUT2D eigenvalue weighted by molar-refractivity contribution is 5.95. The third kappa shape index (κ3) is 3.07. The minimum atomic E-state index is -0.245. The van der Waals surface area contributed by atoms with Gasteiger partial charge < -0.3 is 18.8 Å². The highest BCUT2D eigenvalue weighted by Crippen LogP contribution is 2.40. The van der Waals surface area contributed by atoms with Crippen molar-refractivity contribution >= 4 is 5.91 Å². The van der Waals surface area contributed by atoms with Crippen molar-refractivity contribution in [1.82, 2.24) is 9.88 Å². The molecule has 6 nitrogen and oxygen atoms in total. The van der Waals surface area contributed by atoms with Crippen LogP contribution in [-0.2, 0) is 16.1 Å². The van der Waals surface area contributed by atoms with E-state index in [1.807, 2.05) is 24.0 Å². The van der Waals surface area contributed by atoms with Crippen molar-refractivity contribution in [2.45, 2.75) is 25.6 Å². The molecule has 6 heteroatoms. The molecule has 0 radical (unpaired) electrons. The van der Waals surface area contributed by atoms with Crippen LogP contribution in [0.3, 0.4) is 0 Å². The predicted octanol–water partition coefficient (Wildman–Crippen LogP) is 2.43. The maximum absolute atomic E-state index is 12.5. The fourth-order valence-corrected chi connectivity index (χ4v) is 3.69.